The number of unbranched alkanes of at least 4 members (excludes halogenated alkanes) is 3. The largest absolute Gasteiger partial charge is 0.486 e. The average molecular weight is 343 g/mol. The number of benzene rings is 1. The lowest BCUT2D eigenvalue weighted by molar-refractivity contribution is 0.0921. The molecule has 25 heavy (non-hydrogen) atoms. The molecule has 0 bridgehead atoms. The molecule has 2 rings (SSSR count). The van der Waals surface area contributed by atoms with Gasteiger partial charge in [0.2, 0.25) is 0 Å². The molecule has 0 aliphatic heterocycles. The van der Waals surface area contributed by atoms with Gasteiger partial charge in [-0.1, -0.05) is 52.2 Å². The van der Waals surface area contributed by atoms with Crippen molar-refractivity contribution in [3.8, 4) is 5.75 Å². The van der Waals surface area contributed by atoms with Crippen LogP contribution in [0, 0.1) is 0 Å². The zero-order chi connectivity index (χ0) is 18.1. The van der Waals surface area contributed by atoms with E-state index in [1.54, 1.807) is 12.1 Å². The first-order chi connectivity index (χ1) is 12.1. The molecule has 136 valence electrons. The molecule has 0 aliphatic rings. The first-order valence-corrected chi connectivity index (χ1v) is 9.19. The van der Waals surface area contributed by atoms with Crippen LogP contribution in [0.15, 0.2) is 40.8 Å². The van der Waals surface area contributed by atoms with Crippen molar-refractivity contribution in [3.05, 3.63) is 53.5 Å². The Morgan fingerprint density at radius 1 is 1.08 bits per heavy atom. The Bertz CT molecular complexity index is 643. The number of furan rings is 1. The van der Waals surface area contributed by atoms with Gasteiger partial charge in [0.25, 0.3) is 5.91 Å². The number of amides is 1. The minimum Gasteiger partial charge on any atom is -0.486 e. The standard InChI is InChI=1S/C21H29NO3/c1-4-5-6-7-14-22-21(23)20-13-12-19(25-20)15-24-18-10-8-17(9-11-18)16(2)3/h8-13,16H,4-7,14-15H2,1-3H3,(H,22,23). The molecule has 1 N–H and O–H groups in total. The Labute approximate surface area is 150 Å². The van der Waals surface area contributed by atoms with Crippen LogP contribution < -0.4 is 10.1 Å². The lowest BCUT2D eigenvalue weighted by Crippen LogP contribution is -2.23. The molecular weight excluding hydrogens is 314 g/mol. The molecular formula is C21H29NO3. The number of ether oxygens (including phenoxy) is 1. The van der Waals surface area contributed by atoms with Crippen molar-refractivity contribution in [2.45, 2.75) is 59.0 Å². The van der Waals surface area contributed by atoms with Crippen LogP contribution >= 0.6 is 0 Å². The minimum atomic E-state index is -0.163. The molecule has 0 radical (unpaired) electrons. The van der Waals surface area contributed by atoms with Gasteiger partial charge in [0.15, 0.2) is 5.76 Å². The van der Waals surface area contributed by atoms with E-state index < -0.39 is 0 Å². The third kappa shape index (κ3) is 6.29. The summed E-state index contributed by atoms with van der Waals surface area (Å²) in [5, 5.41) is 2.89. The first kappa shape index (κ1) is 19.1. The Kier molecular flexibility index (Phi) is 7.58. The lowest BCUT2D eigenvalue weighted by atomic mass is 10.0. The Morgan fingerprint density at radius 2 is 1.84 bits per heavy atom. The third-order valence-corrected chi connectivity index (χ3v) is 4.13. The molecule has 0 aliphatic carbocycles. The van der Waals surface area contributed by atoms with Gasteiger partial charge >= 0.3 is 0 Å². The van der Waals surface area contributed by atoms with Gasteiger partial charge < -0.3 is 14.5 Å². The molecule has 1 heterocycles. The van der Waals surface area contributed by atoms with Gasteiger partial charge in [-0.05, 0) is 42.2 Å². The van der Waals surface area contributed by atoms with E-state index >= 15 is 0 Å². The molecule has 4 nitrogen and oxygen atoms in total. The summed E-state index contributed by atoms with van der Waals surface area (Å²) in [6.07, 6.45) is 4.54. The van der Waals surface area contributed by atoms with Crippen LogP contribution in [0.3, 0.4) is 0 Å². The van der Waals surface area contributed by atoms with E-state index in [0.717, 1.165) is 18.6 Å². The Hall–Kier alpha value is -2.23. The van der Waals surface area contributed by atoms with Crippen molar-refractivity contribution in [3.63, 3.8) is 0 Å². The maximum Gasteiger partial charge on any atom is 0.286 e. The third-order valence-electron chi connectivity index (χ3n) is 4.13. The molecule has 0 atom stereocenters. The molecule has 4 heteroatoms. The van der Waals surface area contributed by atoms with Crippen LogP contribution in [0.4, 0.5) is 0 Å². The van der Waals surface area contributed by atoms with Crippen molar-refractivity contribution in [2.75, 3.05) is 6.54 Å². The molecule has 2 aromatic rings. The van der Waals surface area contributed by atoms with Crippen LogP contribution in [-0.2, 0) is 6.61 Å². The maximum atomic E-state index is 12.0. The predicted molar refractivity (Wildman–Crippen MR) is 100 cm³/mol. The van der Waals surface area contributed by atoms with E-state index in [9.17, 15) is 4.79 Å². The first-order valence-electron chi connectivity index (χ1n) is 9.19. The second-order valence-corrected chi connectivity index (χ2v) is 6.59. The van der Waals surface area contributed by atoms with E-state index in [4.69, 9.17) is 9.15 Å². The molecule has 0 saturated heterocycles. The van der Waals surface area contributed by atoms with Crippen molar-refractivity contribution in [2.24, 2.45) is 0 Å². The predicted octanol–water partition coefficient (Wildman–Crippen LogP) is 5.29. The smallest absolute Gasteiger partial charge is 0.286 e. The van der Waals surface area contributed by atoms with Gasteiger partial charge in [0.05, 0.1) is 0 Å². The van der Waals surface area contributed by atoms with Crippen molar-refractivity contribution < 1.29 is 13.9 Å². The van der Waals surface area contributed by atoms with E-state index in [-0.39, 0.29) is 5.91 Å². The topological polar surface area (TPSA) is 51.5 Å². The fraction of sp³-hybridized carbons (Fsp3) is 0.476. The van der Waals surface area contributed by atoms with Gasteiger partial charge in [0.1, 0.15) is 18.1 Å². The van der Waals surface area contributed by atoms with Crippen molar-refractivity contribution in [1.82, 2.24) is 5.32 Å². The second-order valence-electron chi connectivity index (χ2n) is 6.59. The second kappa shape index (κ2) is 9.92. The van der Waals surface area contributed by atoms with Gasteiger partial charge in [-0.3, -0.25) is 4.79 Å². The highest BCUT2D eigenvalue weighted by molar-refractivity contribution is 5.91. The summed E-state index contributed by atoms with van der Waals surface area (Å²) in [4.78, 5) is 12.0. The maximum absolute atomic E-state index is 12.0. The molecule has 1 aromatic carbocycles. The molecule has 0 saturated carbocycles. The van der Waals surface area contributed by atoms with Crippen LogP contribution in [0.1, 0.15) is 74.3 Å². The summed E-state index contributed by atoms with van der Waals surface area (Å²) >= 11 is 0. The van der Waals surface area contributed by atoms with Gasteiger partial charge in [-0.25, -0.2) is 0 Å². The summed E-state index contributed by atoms with van der Waals surface area (Å²) in [5.74, 6) is 2.11. The van der Waals surface area contributed by atoms with Crippen LogP contribution in [-0.4, -0.2) is 12.5 Å². The van der Waals surface area contributed by atoms with Crippen molar-refractivity contribution in [1.29, 1.82) is 0 Å². The SMILES string of the molecule is CCCCCCNC(=O)c1ccc(COc2ccc(C(C)C)cc2)o1. The number of hydrogen-bond donors (Lipinski definition) is 1. The molecule has 1 amide bonds. The highest BCUT2D eigenvalue weighted by Crippen LogP contribution is 2.20. The van der Waals surface area contributed by atoms with E-state index in [2.05, 4.69) is 38.2 Å². The highest BCUT2D eigenvalue weighted by Gasteiger charge is 2.11. The van der Waals surface area contributed by atoms with Gasteiger partial charge in [0, 0.05) is 6.54 Å². The van der Waals surface area contributed by atoms with E-state index in [1.165, 1.54) is 18.4 Å². The molecule has 0 fully saturated rings. The Balaban J connectivity index is 1.77. The molecule has 0 spiro atoms. The lowest BCUT2D eigenvalue weighted by Gasteiger charge is -2.08. The number of carbonyl (C=O) groups is 1. The fourth-order valence-corrected chi connectivity index (χ4v) is 2.52. The molecule has 0 unspecified atom stereocenters. The Morgan fingerprint density at radius 3 is 2.52 bits per heavy atom. The van der Waals surface area contributed by atoms with Gasteiger partial charge in [-0.2, -0.15) is 0 Å². The monoisotopic (exact) mass is 343 g/mol. The van der Waals surface area contributed by atoms with E-state index in [1.807, 2.05) is 12.1 Å². The summed E-state index contributed by atoms with van der Waals surface area (Å²) in [7, 11) is 0. The number of carbonyl (C=O) groups excluding carboxylic acids is 1. The van der Waals surface area contributed by atoms with Gasteiger partial charge in [-0.15, -0.1) is 0 Å². The zero-order valence-electron chi connectivity index (χ0n) is 15.5. The quantitative estimate of drug-likeness (QED) is 0.596. The van der Waals surface area contributed by atoms with Crippen LogP contribution in [0.2, 0.25) is 0 Å². The normalized spacial score (nSPS) is 10.9. The van der Waals surface area contributed by atoms with Crippen LogP contribution in [0.25, 0.3) is 0 Å². The number of nitrogens with one attached hydrogen (secondary N) is 1. The van der Waals surface area contributed by atoms with E-state index in [0.29, 0.717) is 30.6 Å². The fourth-order valence-electron chi connectivity index (χ4n) is 2.52. The highest BCUT2D eigenvalue weighted by atomic mass is 16.5. The van der Waals surface area contributed by atoms with Crippen LogP contribution in [0.5, 0.6) is 5.75 Å². The minimum absolute atomic E-state index is 0.163. The molecule has 1 aromatic heterocycles. The number of hydrogen-bond acceptors (Lipinski definition) is 3. The summed E-state index contributed by atoms with van der Waals surface area (Å²) in [6.45, 7) is 7.49. The average Bonchev–Trinajstić information content (AvgIpc) is 3.09. The number of rotatable bonds is 10. The van der Waals surface area contributed by atoms with Crippen molar-refractivity contribution >= 4 is 5.91 Å². The zero-order valence-corrected chi connectivity index (χ0v) is 15.5. The summed E-state index contributed by atoms with van der Waals surface area (Å²) in [6, 6.07) is 11.5. The summed E-state index contributed by atoms with van der Waals surface area (Å²) < 4.78 is 11.3. The summed E-state index contributed by atoms with van der Waals surface area (Å²) in [5.41, 5.74) is 1.28.